The summed E-state index contributed by atoms with van der Waals surface area (Å²) < 4.78 is 0. The van der Waals surface area contributed by atoms with Crippen molar-refractivity contribution in [3.05, 3.63) is 83.0 Å². The molecule has 114 valence electrons. The lowest BCUT2D eigenvalue weighted by Crippen LogP contribution is -3.06. The van der Waals surface area contributed by atoms with Crippen molar-refractivity contribution in [1.29, 1.82) is 0 Å². The maximum Gasteiger partial charge on any atom is 0.0846 e. The number of halogens is 1. The number of hydrogen-bond donors (Lipinski definition) is 2. The number of hydrogen-bond acceptors (Lipinski definition) is 1. The van der Waals surface area contributed by atoms with Crippen LogP contribution in [0.1, 0.15) is 29.7 Å². The Labute approximate surface area is 137 Å². The Balaban J connectivity index is 1.70. The van der Waals surface area contributed by atoms with Crippen LogP contribution >= 0.6 is 11.6 Å². The van der Waals surface area contributed by atoms with Crippen LogP contribution < -0.4 is 10.2 Å². The Morgan fingerprint density at radius 2 is 2.05 bits per heavy atom. The Bertz CT molecular complexity index is 694. The minimum Gasteiger partial charge on any atom is -0.421 e. The zero-order chi connectivity index (χ0) is 15.5. The molecule has 1 heterocycles. The van der Waals surface area contributed by atoms with Gasteiger partial charge in [-0.3, -0.25) is 0 Å². The average molecular weight is 313 g/mol. The minimum atomic E-state index is 0.244. The van der Waals surface area contributed by atoms with Crippen LogP contribution in [0.4, 0.5) is 5.69 Å². The fourth-order valence-corrected chi connectivity index (χ4v) is 2.75. The molecule has 2 unspecified atom stereocenters. The first-order valence-corrected chi connectivity index (χ1v) is 7.98. The van der Waals surface area contributed by atoms with E-state index in [0.717, 1.165) is 22.8 Å². The number of anilines is 1. The number of aryl methyl sites for hydroxylation is 1. The Morgan fingerprint density at radius 1 is 1.23 bits per heavy atom. The molecule has 2 atom stereocenters. The highest BCUT2D eigenvalue weighted by Gasteiger charge is 2.08. The fourth-order valence-electron chi connectivity index (χ4n) is 2.63. The molecule has 0 aromatic heterocycles. The lowest BCUT2D eigenvalue weighted by molar-refractivity contribution is -0.840. The van der Waals surface area contributed by atoms with Crippen molar-refractivity contribution in [3.63, 3.8) is 0 Å². The van der Waals surface area contributed by atoms with Crippen LogP contribution in [0.2, 0.25) is 5.02 Å². The van der Waals surface area contributed by atoms with Crippen molar-refractivity contribution in [2.24, 2.45) is 0 Å². The molecule has 0 spiro atoms. The number of rotatable bonds is 5. The van der Waals surface area contributed by atoms with Gasteiger partial charge < -0.3 is 10.2 Å². The van der Waals surface area contributed by atoms with E-state index in [4.69, 9.17) is 11.6 Å². The van der Waals surface area contributed by atoms with Crippen molar-refractivity contribution in [2.75, 3.05) is 5.32 Å². The van der Waals surface area contributed by atoms with E-state index in [2.05, 4.69) is 67.5 Å². The van der Waals surface area contributed by atoms with Gasteiger partial charge in [-0.2, -0.15) is 0 Å². The van der Waals surface area contributed by atoms with Crippen molar-refractivity contribution >= 4 is 17.3 Å². The van der Waals surface area contributed by atoms with Crippen LogP contribution in [0, 0.1) is 13.5 Å². The second-order valence-electron chi connectivity index (χ2n) is 5.85. The van der Waals surface area contributed by atoms with E-state index in [9.17, 15) is 0 Å². The third-order valence-electron chi connectivity index (χ3n) is 4.02. The van der Waals surface area contributed by atoms with Gasteiger partial charge in [-0.15, -0.1) is 6.08 Å². The second-order valence-corrected chi connectivity index (χ2v) is 6.26. The SMILES string of the molecule is Cc1cc(C(C)Nc2cccc(C[NH+]3C=C[CH-]3)c2)ccc1Cl. The maximum absolute atomic E-state index is 6.10. The number of quaternary nitrogens is 1. The Morgan fingerprint density at radius 3 is 2.73 bits per heavy atom. The normalized spacial score (nSPS) is 17.5. The van der Waals surface area contributed by atoms with Gasteiger partial charge in [0.15, 0.2) is 0 Å². The molecule has 0 saturated heterocycles. The quantitative estimate of drug-likeness (QED) is 0.801. The highest BCUT2D eigenvalue weighted by molar-refractivity contribution is 6.31. The molecule has 0 amide bonds. The fraction of sp³-hybridized carbons (Fsp3) is 0.211. The summed E-state index contributed by atoms with van der Waals surface area (Å²) in [4.78, 5) is 1.39. The molecule has 0 bridgehead atoms. The molecule has 1 aliphatic heterocycles. The van der Waals surface area contributed by atoms with Gasteiger partial charge in [0.05, 0.1) is 6.54 Å². The molecular formula is C19H21ClN2. The molecule has 0 saturated carbocycles. The molecule has 2 N–H and O–H groups in total. The van der Waals surface area contributed by atoms with Gasteiger partial charge in [0.2, 0.25) is 0 Å². The molecule has 3 heteroatoms. The third kappa shape index (κ3) is 3.46. The molecule has 0 radical (unpaired) electrons. The molecule has 3 rings (SSSR count). The van der Waals surface area contributed by atoms with Gasteiger partial charge in [0.25, 0.3) is 0 Å². The van der Waals surface area contributed by atoms with E-state index in [-0.39, 0.29) is 6.04 Å². The van der Waals surface area contributed by atoms with Crippen molar-refractivity contribution in [1.82, 2.24) is 0 Å². The topological polar surface area (TPSA) is 16.5 Å². The molecule has 0 aliphatic carbocycles. The predicted octanol–water partition coefficient (Wildman–Crippen LogP) is 3.90. The molecule has 2 aromatic rings. The average Bonchev–Trinajstić information content (AvgIpc) is 2.46. The molecular weight excluding hydrogens is 292 g/mol. The van der Waals surface area contributed by atoms with Crippen molar-refractivity contribution in [3.8, 4) is 0 Å². The monoisotopic (exact) mass is 312 g/mol. The van der Waals surface area contributed by atoms with Crippen molar-refractivity contribution in [2.45, 2.75) is 26.4 Å². The van der Waals surface area contributed by atoms with Gasteiger partial charge in [-0.1, -0.05) is 48.6 Å². The lowest BCUT2D eigenvalue weighted by Gasteiger charge is -2.29. The molecule has 2 aromatic carbocycles. The lowest BCUT2D eigenvalue weighted by atomic mass is 10.0. The summed E-state index contributed by atoms with van der Waals surface area (Å²) in [7, 11) is 0. The van der Waals surface area contributed by atoms with Gasteiger partial charge in [0.1, 0.15) is 0 Å². The zero-order valence-electron chi connectivity index (χ0n) is 12.9. The highest BCUT2D eigenvalue weighted by Crippen LogP contribution is 2.24. The Kier molecular flexibility index (Phi) is 4.41. The van der Waals surface area contributed by atoms with E-state index in [1.165, 1.54) is 16.0 Å². The molecule has 22 heavy (non-hydrogen) atoms. The van der Waals surface area contributed by atoms with E-state index in [1.54, 1.807) is 0 Å². The van der Waals surface area contributed by atoms with Crippen LogP contribution in [0.25, 0.3) is 0 Å². The molecule has 1 aliphatic rings. The summed E-state index contributed by atoms with van der Waals surface area (Å²) in [5.41, 5.74) is 4.85. The number of benzene rings is 2. The number of nitrogens with one attached hydrogen (secondary N) is 2. The smallest absolute Gasteiger partial charge is 0.0846 e. The first-order chi connectivity index (χ1) is 10.6. The standard InChI is InChI=1S/C19H21ClN2/c1-14-11-17(7-8-19(14)20)15(2)21-18-6-3-5-16(12-18)13-22-9-4-10-22/h3-12,15,21-22H,13H2,1-2H3. The third-order valence-corrected chi connectivity index (χ3v) is 4.45. The summed E-state index contributed by atoms with van der Waals surface area (Å²) >= 11 is 6.10. The summed E-state index contributed by atoms with van der Waals surface area (Å²) in [5.74, 6) is 0. The first-order valence-electron chi connectivity index (χ1n) is 7.60. The Hall–Kier alpha value is -1.90. The van der Waals surface area contributed by atoms with Gasteiger partial charge in [-0.05, 0) is 43.2 Å². The largest absolute Gasteiger partial charge is 0.421 e. The zero-order valence-corrected chi connectivity index (χ0v) is 13.7. The van der Waals surface area contributed by atoms with Crippen LogP contribution in [0.15, 0.2) is 54.7 Å². The minimum absolute atomic E-state index is 0.244. The van der Waals surface area contributed by atoms with E-state index < -0.39 is 0 Å². The molecule has 2 nitrogen and oxygen atoms in total. The highest BCUT2D eigenvalue weighted by atomic mass is 35.5. The summed E-state index contributed by atoms with van der Waals surface area (Å²) in [6.07, 6.45) is 4.25. The van der Waals surface area contributed by atoms with Gasteiger partial charge in [-0.25, -0.2) is 0 Å². The van der Waals surface area contributed by atoms with Gasteiger partial charge in [0, 0.05) is 22.3 Å². The molecule has 0 fully saturated rings. The first kappa shape index (κ1) is 15.0. The summed E-state index contributed by atoms with van der Waals surface area (Å²) in [6.45, 7) is 7.38. The summed E-state index contributed by atoms with van der Waals surface area (Å²) in [6, 6.07) is 15.1. The predicted molar refractivity (Wildman–Crippen MR) is 92.8 cm³/mol. The summed E-state index contributed by atoms with van der Waals surface area (Å²) in [5, 5.41) is 4.39. The van der Waals surface area contributed by atoms with E-state index >= 15 is 0 Å². The van der Waals surface area contributed by atoms with Crippen LogP contribution in [0.5, 0.6) is 0 Å². The van der Waals surface area contributed by atoms with Crippen LogP contribution in [-0.4, -0.2) is 0 Å². The van der Waals surface area contributed by atoms with Crippen LogP contribution in [-0.2, 0) is 6.54 Å². The van der Waals surface area contributed by atoms with E-state index in [1.807, 2.05) is 13.0 Å². The van der Waals surface area contributed by atoms with E-state index in [0.29, 0.717) is 0 Å². The second kappa shape index (κ2) is 6.47. The van der Waals surface area contributed by atoms with Crippen LogP contribution in [0.3, 0.4) is 0 Å². The van der Waals surface area contributed by atoms with Gasteiger partial charge >= 0.3 is 0 Å². The van der Waals surface area contributed by atoms with Crippen molar-refractivity contribution < 1.29 is 4.90 Å². The maximum atomic E-state index is 6.10.